The van der Waals surface area contributed by atoms with Gasteiger partial charge in [0.05, 0.1) is 0 Å². The molecule has 1 N–H and O–H groups in total. The summed E-state index contributed by atoms with van der Waals surface area (Å²) in [6.45, 7) is 4.57. The zero-order valence-electron chi connectivity index (χ0n) is 13.6. The summed E-state index contributed by atoms with van der Waals surface area (Å²) in [6, 6.07) is 9.45. The van der Waals surface area contributed by atoms with Crippen LogP contribution < -0.4 is 5.32 Å². The predicted molar refractivity (Wildman–Crippen MR) is 92.9 cm³/mol. The van der Waals surface area contributed by atoms with Crippen molar-refractivity contribution < 1.29 is 0 Å². The summed E-state index contributed by atoms with van der Waals surface area (Å²) < 4.78 is 0. The molecule has 1 nitrogen and oxygen atoms in total. The molecule has 2 heteroatoms. The number of rotatable bonds is 6. The molecule has 2 rings (SSSR count). The fourth-order valence-electron chi connectivity index (χ4n) is 3.70. The van der Waals surface area contributed by atoms with Gasteiger partial charge in [-0.25, -0.2) is 0 Å². The Morgan fingerprint density at radius 3 is 2.76 bits per heavy atom. The van der Waals surface area contributed by atoms with Crippen molar-refractivity contribution in [2.24, 2.45) is 5.92 Å². The van der Waals surface area contributed by atoms with E-state index >= 15 is 0 Å². The van der Waals surface area contributed by atoms with Gasteiger partial charge in [0.2, 0.25) is 0 Å². The smallest absolute Gasteiger partial charge is 0.0409 e. The first-order valence-corrected chi connectivity index (χ1v) is 9.12. The minimum absolute atomic E-state index is 0.441. The van der Waals surface area contributed by atoms with Crippen molar-refractivity contribution in [2.45, 2.75) is 77.3 Å². The van der Waals surface area contributed by atoms with Gasteiger partial charge in [-0.2, -0.15) is 0 Å². The van der Waals surface area contributed by atoms with Gasteiger partial charge in [-0.3, -0.25) is 0 Å². The molecule has 1 aliphatic carbocycles. The Hall–Kier alpha value is -0.530. The molecule has 21 heavy (non-hydrogen) atoms. The number of halogens is 1. The second-order valence-corrected chi connectivity index (χ2v) is 6.98. The fourth-order valence-corrected chi connectivity index (χ4v) is 3.90. The first-order chi connectivity index (χ1) is 10.2. The Morgan fingerprint density at radius 2 is 2.05 bits per heavy atom. The van der Waals surface area contributed by atoms with Crippen LogP contribution in [0.2, 0.25) is 5.02 Å². The molecule has 0 bridgehead atoms. The van der Waals surface area contributed by atoms with Crippen LogP contribution in [0.1, 0.15) is 76.8 Å². The fraction of sp³-hybridized carbons (Fsp3) is 0.684. The summed E-state index contributed by atoms with van der Waals surface area (Å²) in [6.07, 6.45) is 10.8. The van der Waals surface area contributed by atoms with Gasteiger partial charge in [-0.05, 0) is 49.3 Å². The van der Waals surface area contributed by atoms with E-state index in [0.29, 0.717) is 12.1 Å². The van der Waals surface area contributed by atoms with Crippen LogP contribution in [-0.2, 0) is 0 Å². The molecule has 3 unspecified atom stereocenters. The molecule has 1 aromatic carbocycles. The third-order valence-electron chi connectivity index (χ3n) is 4.88. The molecule has 0 amide bonds. The highest BCUT2D eigenvalue weighted by atomic mass is 35.5. The van der Waals surface area contributed by atoms with E-state index in [1.165, 1.54) is 50.5 Å². The SMILES string of the molecule is CCCC1CCCC(NC(CC)c2cccc(Cl)c2)CC1. The van der Waals surface area contributed by atoms with Crippen LogP contribution in [0.4, 0.5) is 0 Å². The third-order valence-corrected chi connectivity index (χ3v) is 5.12. The van der Waals surface area contributed by atoms with Crippen molar-refractivity contribution in [2.75, 3.05) is 0 Å². The number of hydrogen-bond acceptors (Lipinski definition) is 1. The normalized spacial score (nSPS) is 24.5. The second kappa shape index (κ2) is 8.80. The first kappa shape index (κ1) is 16.8. The van der Waals surface area contributed by atoms with Gasteiger partial charge in [-0.1, -0.05) is 63.3 Å². The molecular formula is C19H30ClN. The third kappa shape index (κ3) is 5.30. The average molecular weight is 308 g/mol. The Kier molecular flexibility index (Phi) is 7.06. The Morgan fingerprint density at radius 1 is 1.19 bits per heavy atom. The van der Waals surface area contributed by atoms with Crippen molar-refractivity contribution in [3.05, 3.63) is 34.9 Å². The lowest BCUT2D eigenvalue weighted by Gasteiger charge is -2.25. The van der Waals surface area contributed by atoms with E-state index in [1.807, 2.05) is 6.07 Å². The molecule has 1 saturated carbocycles. The molecule has 1 aliphatic rings. The quantitative estimate of drug-likeness (QED) is 0.623. The van der Waals surface area contributed by atoms with Gasteiger partial charge < -0.3 is 5.32 Å². The summed E-state index contributed by atoms with van der Waals surface area (Å²) in [5.41, 5.74) is 1.33. The number of nitrogens with one attached hydrogen (secondary N) is 1. The molecule has 118 valence electrons. The molecular weight excluding hydrogens is 278 g/mol. The van der Waals surface area contributed by atoms with E-state index in [-0.39, 0.29) is 0 Å². The number of benzene rings is 1. The molecule has 0 spiro atoms. The van der Waals surface area contributed by atoms with Crippen LogP contribution in [0, 0.1) is 5.92 Å². The van der Waals surface area contributed by atoms with E-state index in [9.17, 15) is 0 Å². The van der Waals surface area contributed by atoms with Gasteiger partial charge in [0.15, 0.2) is 0 Å². The van der Waals surface area contributed by atoms with E-state index in [4.69, 9.17) is 11.6 Å². The van der Waals surface area contributed by atoms with Gasteiger partial charge >= 0.3 is 0 Å². The van der Waals surface area contributed by atoms with Crippen molar-refractivity contribution in [3.8, 4) is 0 Å². The van der Waals surface area contributed by atoms with Crippen LogP contribution in [0.25, 0.3) is 0 Å². The second-order valence-electron chi connectivity index (χ2n) is 6.54. The van der Waals surface area contributed by atoms with Crippen LogP contribution in [0.3, 0.4) is 0 Å². The minimum atomic E-state index is 0.441. The lowest BCUT2D eigenvalue weighted by molar-refractivity contribution is 0.378. The topological polar surface area (TPSA) is 12.0 Å². The van der Waals surface area contributed by atoms with Crippen LogP contribution in [0.15, 0.2) is 24.3 Å². The van der Waals surface area contributed by atoms with Crippen LogP contribution in [0.5, 0.6) is 0 Å². The molecule has 0 saturated heterocycles. The summed E-state index contributed by atoms with van der Waals surface area (Å²) in [4.78, 5) is 0. The zero-order chi connectivity index (χ0) is 15.1. The molecule has 0 aromatic heterocycles. The molecule has 1 aromatic rings. The van der Waals surface area contributed by atoms with Crippen LogP contribution in [-0.4, -0.2) is 6.04 Å². The Bertz CT molecular complexity index is 418. The van der Waals surface area contributed by atoms with Crippen LogP contribution >= 0.6 is 11.6 Å². The van der Waals surface area contributed by atoms with E-state index < -0.39 is 0 Å². The van der Waals surface area contributed by atoms with Crippen molar-refractivity contribution in [1.82, 2.24) is 5.32 Å². The maximum atomic E-state index is 6.14. The first-order valence-electron chi connectivity index (χ1n) is 8.74. The maximum absolute atomic E-state index is 6.14. The average Bonchev–Trinajstić information content (AvgIpc) is 2.70. The highest BCUT2D eigenvalue weighted by molar-refractivity contribution is 6.30. The summed E-state index contributed by atoms with van der Waals surface area (Å²) in [5.74, 6) is 0.966. The molecule has 1 fully saturated rings. The molecule has 3 atom stereocenters. The van der Waals surface area contributed by atoms with Crippen molar-refractivity contribution >= 4 is 11.6 Å². The van der Waals surface area contributed by atoms with Gasteiger partial charge in [0.25, 0.3) is 0 Å². The van der Waals surface area contributed by atoms with Gasteiger partial charge in [0, 0.05) is 17.1 Å². The summed E-state index contributed by atoms with van der Waals surface area (Å²) in [5, 5.41) is 4.74. The van der Waals surface area contributed by atoms with Crippen molar-refractivity contribution in [3.63, 3.8) is 0 Å². The standard InChI is InChI=1S/C19H30ClN/c1-3-7-15-8-5-11-18(13-12-15)21-19(4-2)16-9-6-10-17(20)14-16/h6,9-10,14-15,18-19,21H,3-5,7-8,11-13H2,1-2H3. The molecule has 0 radical (unpaired) electrons. The summed E-state index contributed by atoms with van der Waals surface area (Å²) in [7, 11) is 0. The lowest BCUT2D eigenvalue weighted by Crippen LogP contribution is -2.32. The molecule has 0 aliphatic heterocycles. The summed E-state index contributed by atoms with van der Waals surface area (Å²) >= 11 is 6.14. The van der Waals surface area contributed by atoms with E-state index in [1.54, 1.807) is 0 Å². The van der Waals surface area contributed by atoms with Crippen molar-refractivity contribution in [1.29, 1.82) is 0 Å². The predicted octanol–water partition coefficient (Wildman–Crippen LogP) is 6.13. The molecule has 0 heterocycles. The Balaban J connectivity index is 1.92. The van der Waals surface area contributed by atoms with Gasteiger partial charge in [-0.15, -0.1) is 0 Å². The Labute approximate surface area is 135 Å². The lowest BCUT2D eigenvalue weighted by atomic mass is 9.95. The maximum Gasteiger partial charge on any atom is 0.0409 e. The van der Waals surface area contributed by atoms with E-state index in [0.717, 1.165) is 17.4 Å². The van der Waals surface area contributed by atoms with E-state index in [2.05, 4.69) is 37.4 Å². The highest BCUT2D eigenvalue weighted by Crippen LogP contribution is 2.29. The monoisotopic (exact) mass is 307 g/mol. The number of hydrogen-bond donors (Lipinski definition) is 1. The largest absolute Gasteiger partial charge is 0.307 e. The minimum Gasteiger partial charge on any atom is -0.307 e. The van der Waals surface area contributed by atoms with Gasteiger partial charge in [0.1, 0.15) is 0 Å². The highest BCUT2D eigenvalue weighted by Gasteiger charge is 2.21. The zero-order valence-corrected chi connectivity index (χ0v) is 14.3.